The number of nitrogens with two attached hydrogens (primary N) is 1. The van der Waals surface area contributed by atoms with Crippen molar-refractivity contribution in [3.63, 3.8) is 0 Å². The standard InChI is InChI=1S/C21H16F3N5O2/c22-21(23,24)13-4-1-3-12(9-13)18(30)27-14-5-2-6-15(10-14)29-8-7-17-16(19(29)31)11-26-20(25)28-17/h1-6,9-11H,7-8H2,(H,27,30)(H2,25,26,28). The first-order valence-corrected chi connectivity index (χ1v) is 9.24. The van der Waals surface area contributed by atoms with E-state index in [1.54, 1.807) is 24.3 Å². The number of alkyl halides is 3. The van der Waals surface area contributed by atoms with Gasteiger partial charge in [0.25, 0.3) is 11.8 Å². The Morgan fingerprint density at radius 1 is 1.13 bits per heavy atom. The number of amides is 2. The number of nitrogen functional groups attached to an aromatic ring is 1. The maximum absolute atomic E-state index is 12.9. The minimum Gasteiger partial charge on any atom is -0.368 e. The van der Waals surface area contributed by atoms with Gasteiger partial charge in [-0.15, -0.1) is 0 Å². The number of anilines is 3. The molecular weight excluding hydrogens is 411 g/mol. The minimum absolute atomic E-state index is 0.0966. The van der Waals surface area contributed by atoms with Crippen LogP contribution in [0, 0.1) is 0 Å². The van der Waals surface area contributed by atoms with E-state index in [1.807, 2.05) is 0 Å². The van der Waals surface area contributed by atoms with Crippen molar-refractivity contribution < 1.29 is 22.8 Å². The molecule has 0 radical (unpaired) electrons. The summed E-state index contributed by atoms with van der Waals surface area (Å²) in [5, 5.41) is 2.57. The first-order chi connectivity index (χ1) is 14.7. The van der Waals surface area contributed by atoms with Crippen LogP contribution < -0.4 is 16.0 Å². The number of carbonyl (C=O) groups is 2. The molecule has 2 amide bonds. The van der Waals surface area contributed by atoms with E-state index in [1.165, 1.54) is 23.2 Å². The Balaban J connectivity index is 1.55. The second kappa shape index (κ2) is 7.71. The average Bonchev–Trinajstić information content (AvgIpc) is 2.73. The number of nitrogens with one attached hydrogen (secondary N) is 1. The molecule has 0 spiro atoms. The average molecular weight is 427 g/mol. The fourth-order valence-corrected chi connectivity index (χ4v) is 3.30. The van der Waals surface area contributed by atoms with Gasteiger partial charge >= 0.3 is 6.18 Å². The van der Waals surface area contributed by atoms with Crippen LogP contribution in [-0.4, -0.2) is 28.3 Å². The highest BCUT2D eigenvalue weighted by molar-refractivity contribution is 6.08. The Bertz CT molecular complexity index is 1180. The van der Waals surface area contributed by atoms with Crippen molar-refractivity contribution in [3.8, 4) is 0 Å². The summed E-state index contributed by atoms with van der Waals surface area (Å²) in [6, 6.07) is 10.6. The number of benzene rings is 2. The van der Waals surface area contributed by atoms with Gasteiger partial charge in [0.15, 0.2) is 0 Å². The van der Waals surface area contributed by atoms with E-state index < -0.39 is 17.6 Å². The van der Waals surface area contributed by atoms with Gasteiger partial charge in [-0.2, -0.15) is 13.2 Å². The van der Waals surface area contributed by atoms with Crippen molar-refractivity contribution in [2.45, 2.75) is 12.6 Å². The monoisotopic (exact) mass is 427 g/mol. The molecule has 3 N–H and O–H groups in total. The van der Waals surface area contributed by atoms with Gasteiger partial charge in [0.2, 0.25) is 5.95 Å². The summed E-state index contributed by atoms with van der Waals surface area (Å²) < 4.78 is 38.7. The second-order valence-electron chi connectivity index (χ2n) is 6.88. The lowest BCUT2D eigenvalue weighted by molar-refractivity contribution is -0.137. The highest BCUT2D eigenvalue weighted by Crippen LogP contribution is 2.30. The summed E-state index contributed by atoms with van der Waals surface area (Å²) in [7, 11) is 0. The molecule has 1 aliphatic rings. The van der Waals surface area contributed by atoms with E-state index in [9.17, 15) is 22.8 Å². The summed E-state index contributed by atoms with van der Waals surface area (Å²) in [5.74, 6) is -0.899. The number of halogens is 3. The van der Waals surface area contributed by atoms with Gasteiger partial charge in [-0.25, -0.2) is 9.97 Å². The molecule has 2 heterocycles. The van der Waals surface area contributed by atoms with E-state index in [2.05, 4.69) is 15.3 Å². The molecule has 1 aliphatic heterocycles. The molecule has 1 aromatic heterocycles. The SMILES string of the molecule is Nc1ncc2c(n1)CCN(c1cccc(NC(=O)c3cccc(C(F)(F)F)c3)c1)C2=O. The fraction of sp³-hybridized carbons (Fsp3) is 0.143. The summed E-state index contributed by atoms with van der Waals surface area (Å²) in [4.78, 5) is 34.8. The van der Waals surface area contributed by atoms with Gasteiger partial charge in [0.05, 0.1) is 16.8 Å². The third-order valence-electron chi connectivity index (χ3n) is 4.80. The summed E-state index contributed by atoms with van der Waals surface area (Å²) in [6.07, 6.45) is -2.68. The van der Waals surface area contributed by atoms with Crippen LogP contribution in [0.5, 0.6) is 0 Å². The molecule has 0 bridgehead atoms. The van der Waals surface area contributed by atoms with Gasteiger partial charge in [-0.1, -0.05) is 12.1 Å². The van der Waals surface area contributed by atoms with Crippen LogP contribution in [0.2, 0.25) is 0 Å². The maximum atomic E-state index is 12.9. The topological polar surface area (TPSA) is 101 Å². The van der Waals surface area contributed by atoms with Crippen LogP contribution in [0.4, 0.5) is 30.5 Å². The van der Waals surface area contributed by atoms with E-state index in [4.69, 9.17) is 5.73 Å². The molecule has 158 valence electrons. The highest BCUT2D eigenvalue weighted by Gasteiger charge is 2.31. The zero-order valence-corrected chi connectivity index (χ0v) is 16.0. The summed E-state index contributed by atoms with van der Waals surface area (Å²) in [6.45, 7) is 0.354. The third-order valence-corrected chi connectivity index (χ3v) is 4.80. The van der Waals surface area contributed by atoms with Crippen LogP contribution in [0.1, 0.15) is 32.0 Å². The van der Waals surface area contributed by atoms with Gasteiger partial charge in [-0.05, 0) is 36.4 Å². The molecular formula is C21H16F3N5O2. The Morgan fingerprint density at radius 3 is 2.68 bits per heavy atom. The first-order valence-electron chi connectivity index (χ1n) is 9.24. The predicted octanol–water partition coefficient (Wildman–Crippen LogP) is 3.53. The second-order valence-corrected chi connectivity index (χ2v) is 6.88. The van der Waals surface area contributed by atoms with Crippen molar-refractivity contribution >= 4 is 29.1 Å². The summed E-state index contributed by atoms with van der Waals surface area (Å²) >= 11 is 0. The Kier molecular flexibility index (Phi) is 5.05. The van der Waals surface area contributed by atoms with Crippen molar-refractivity contribution in [2.75, 3.05) is 22.5 Å². The van der Waals surface area contributed by atoms with Crippen LogP contribution in [0.25, 0.3) is 0 Å². The van der Waals surface area contributed by atoms with Crippen molar-refractivity contribution in [1.29, 1.82) is 0 Å². The first kappa shape index (κ1) is 20.3. The highest BCUT2D eigenvalue weighted by atomic mass is 19.4. The number of fused-ring (bicyclic) bond motifs is 1. The Labute approximate surface area is 174 Å². The number of nitrogens with zero attached hydrogens (tertiary/aromatic N) is 3. The predicted molar refractivity (Wildman–Crippen MR) is 108 cm³/mol. The normalized spacial score (nSPS) is 13.6. The molecule has 0 saturated heterocycles. The van der Waals surface area contributed by atoms with Crippen LogP contribution in [-0.2, 0) is 12.6 Å². The lowest BCUT2D eigenvalue weighted by atomic mass is 10.1. The van der Waals surface area contributed by atoms with Gasteiger partial charge in [0, 0.05) is 36.1 Å². The molecule has 31 heavy (non-hydrogen) atoms. The number of hydrogen-bond acceptors (Lipinski definition) is 5. The number of aromatic nitrogens is 2. The molecule has 7 nitrogen and oxygen atoms in total. The largest absolute Gasteiger partial charge is 0.416 e. The van der Waals surface area contributed by atoms with Crippen LogP contribution >= 0.6 is 0 Å². The molecule has 4 rings (SSSR count). The molecule has 2 aromatic carbocycles. The molecule has 0 unspecified atom stereocenters. The number of rotatable bonds is 3. The summed E-state index contributed by atoms with van der Waals surface area (Å²) in [5.41, 5.74) is 6.32. The zero-order chi connectivity index (χ0) is 22.2. The van der Waals surface area contributed by atoms with E-state index >= 15 is 0 Å². The van der Waals surface area contributed by atoms with Gasteiger partial charge < -0.3 is 16.0 Å². The Hall–Kier alpha value is -3.95. The molecule has 0 fully saturated rings. The van der Waals surface area contributed by atoms with Gasteiger partial charge in [0.1, 0.15) is 0 Å². The van der Waals surface area contributed by atoms with Crippen LogP contribution in [0.15, 0.2) is 54.7 Å². The zero-order valence-electron chi connectivity index (χ0n) is 16.0. The number of carbonyl (C=O) groups excluding carboxylic acids is 2. The molecule has 10 heteroatoms. The lowest BCUT2D eigenvalue weighted by Gasteiger charge is -2.28. The molecule has 3 aromatic rings. The van der Waals surface area contributed by atoms with E-state index in [0.29, 0.717) is 35.6 Å². The van der Waals surface area contributed by atoms with Crippen molar-refractivity contribution in [2.24, 2.45) is 0 Å². The quantitative estimate of drug-likeness (QED) is 0.666. The van der Waals surface area contributed by atoms with Crippen LogP contribution in [0.3, 0.4) is 0 Å². The number of hydrogen-bond donors (Lipinski definition) is 2. The van der Waals surface area contributed by atoms with E-state index in [0.717, 1.165) is 12.1 Å². The Morgan fingerprint density at radius 2 is 1.90 bits per heavy atom. The van der Waals surface area contributed by atoms with Crippen molar-refractivity contribution in [1.82, 2.24) is 9.97 Å². The fourth-order valence-electron chi connectivity index (χ4n) is 3.30. The molecule has 0 aliphatic carbocycles. The molecule has 0 saturated carbocycles. The smallest absolute Gasteiger partial charge is 0.368 e. The van der Waals surface area contributed by atoms with Gasteiger partial charge in [-0.3, -0.25) is 9.59 Å². The van der Waals surface area contributed by atoms with Crippen molar-refractivity contribution in [3.05, 3.63) is 77.1 Å². The lowest BCUT2D eigenvalue weighted by Crippen LogP contribution is -2.38. The third kappa shape index (κ3) is 4.18. The van der Waals surface area contributed by atoms with E-state index in [-0.39, 0.29) is 17.4 Å². The minimum atomic E-state index is -4.55. The maximum Gasteiger partial charge on any atom is 0.416 e. The molecule has 0 atom stereocenters.